The third kappa shape index (κ3) is 5.66. The topological polar surface area (TPSA) is 57.6 Å². The zero-order chi connectivity index (χ0) is 21.9. The van der Waals surface area contributed by atoms with Crippen molar-refractivity contribution >= 4 is 28.9 Å². The van der Waals surface area contributed by atoms with Gasteiger partial charge in [-0.2, -0.15) is 0 Å². The standard InChI is InChI=1S/C25H35NO3S/c1-17-10-12-19(13-11-17)26(23(27)18-8-6-5-7-9-18)21-16-20(14-15-25(2,3)4)30-22(21)24(28)29/h16-19H,5-13H2,1-4H3,(H,28,29)/t17-,19+. The van der Waals surface area contributed by atoms with Crippen molar-refractivity contribution in [1.82, 2.24) is 0 Å². The first-order valence-electron chi connectivity index (χ1n) is 11.4. The van der Waals surface area contributed by atoms with Crippen molar-refractivity contribution in [3.63, 3.8) is 0 Å². The summed E-state index contributed by atoms with van der Waals surface area (Å²) in [5, 5.41) is 9.91. The van der Waals surface area contributed by atoms with E-state index in [9.17, 15) is 14.7 Å². The lowest BCUT2D eigenvalue weighted by Crippen LogP contribution is -2.46. The second-order valence-electron chi connectivity index (χ2n) is 10.1. The predicted octanol–water partition coefficient (Wildman–Crippen LogP) is 6.34. The van der Waals surface area contributed by atoms with Crippen molar-refractivity contribution in [2.75, 3.05) is 4.90 Å². The molecule has 3 rings (SSSR count). The fourth-order valence-corrected chi connectivity index (χ4v) is 5.41. The van der Waals surface area contributed by atoms with Gasteiger partial charge in [0.15, 0.2) is 0 Å². The Morgan fingerprint density at radius 1 is 1.07 bits per heavy atom. The smallest absolute Gasteiger partial charge is 0.348 e. The summed E-state index contributed by atoms with van der Waals surface area (Å²) in [6.45, 7) is 8.37. The molecule has 2 aliphatic carbocycles. The van der Waals surface area contributed by atoms with Gasteiger partial charge in [0, 0.05) is 17.4 Å². The van der Waals surface area contributed by atoms with Crippen LogP contribution in [0.3, 0.4) is 0 Å². The Bertz CT molecular complexity index is 825. The average molecular weight is 430 g/mol. The Hall–Kier alpha value is -1.80. The van der Waals surface area contributed by atoms with Crippen LogP contribution in [-0.4, -0.2) is 23.0 Å². The third-order valence-electron chi connectivity index (χ3n) is 6.27. The van der Waals surface area contributed by atoms with Crippen molar-refractivity contribution in [2.45, 2.75) is 91.5 Å². The number of anilines is 1. The van der Waals surface area contributed by atoms with Gasteiger partial charge in [-0.1, -0.05) is 38.0 Å². The zero-order valence-corrected chi connectivity index (χ0v) is 19.6. The minimum absolute atomic E-state index is 0.0174. The van der Waals surface area contributed by atoms with Crippen LogP contribution in [0.25, 0.3) is 0 Å². The molecule has 0 spiro atoms. The monoisotopic (exact) mass is 429 g/mol. The number of amides is 1. The highest BCUT2D eigenvalue weighted by atomic mass is 32.1. The average Bonchev–Trinajstić information content (AvgIpc) is 3.12. The van der Waals surface area contributed by atoms with Crippen LogP contribution in [0.15, 0.2) is 6.07 Å². The number of nitrogens with zero attached hydrogens (tertiary/aromatic N) is 1. The Kier molecular flexibility index (Phi) is 7.29. The molecule has 164 valence electrons. The van der Waals surface area contributed by atoms with Crippen LogP contribution < -0.4 is 4.90 Å². The van der Waals surface area contributed by atoms with E-state index in [1.165, 1.54) is 17.8 Å². The quantitative estimate of drug-likeness (QED) is 0.569. The van der Waals surface area contributed by atoms with Gasteiger partial charge in [-0.15, -0.1) is 11.3 Å². The molecule has 1 aromatic rings. The largest absolute Gasteiger partial charge is 0.477 e. The maximum atomic E-state index is 13.7. The van der Waals surface area contributed by atoms with Crippen LogP contribution in [0.5, 0.6) is 0 Å². The summed E-state index contributed by atoms with van der Waals surface area (Å²) in [7, 11) is 0. The first kappa shape index (κ1) is 22.9. The Balaban J connectivity index is 2.00. The first-order valence-corrected chi connectivity index (χ1v) is 12.2. The molecule has 1 aromatic heterocycles. The van der Waals surface area contributed by atoms with Crippen LogP contribution in [0.1, 0.15) is 100 Å². The van der Waals surface area contributed by atoms with Crippen LogP contribution in [0.2, 0.25) is 0 Å². The molecule has 0 atom stereocenters. The first-order chi connectivity index (χ1) is 14.2. The van der Waals surface area contributed by atoms with Gasteiger partial charge < -0.3 is 10.0 Å². The van der Waals surface area contributed by atoms with Crippen LogP contribution in [-0.2, 0) is 4.79 Å². The molecule has 0 radical (unpaired) electrons. The lowest BCUT2D eigenvalue weighted by atomic mass is 9.84. The van der Waals surface area contributed by atoms with Gasteiger partial charge in [-0.25, -0.2) is 4.79 Å². The number of carboxylic acid groups (broad SMARTS) is 1. The summed E-state index contributed by atoms with van der Waals surface area (Å²) in [6.07, 6.45) is 9.26. The molecule has 0 bridgehead atoms. The van der Waals surface area contributed by atoms with Crippen molar-refractivity contribution in [2.24, 2.45) is 17.3 Å². The molecule has 1 amide bonds. The summed E-state index contributed by atoms with van der Waals surface area (Å²) in [4.78, 5) is 28.6. The van der Waals surface area contributed by atoms with E-state index in [4.69, 9.17) is 0 Å². The van der Waals surface area contributed by atoms with Gasteiger partial charge in [-0.05, 0) is 71.3 Å². The molecule has 4 nitrogen and oxygen atoms in total. The lowest BCUT2D eigenvalue weighted by Gasteiger charge is -2.38. The number of aromatic carboxylic acids is 1. The van der Waals surface area contributed by atoms with Crippen molar-refractivity contribution in [3.05, 3.63) is 15.8 Å². The highest BCUT2D eigenvalue weighted by molar-refractivity contribution is 7.15. The van der Waals surface area contributed by atoms with Gasteiger partial charge in [-0.3, -0.25) is 4.79 Å². The molecule has 5 heteroatoms. The zero-order valence-electron chi connectivity index (χ0n) is 18.8. The van der Waals surface area contributed by atoms with Gasteiger partial charge >= 0.3 is 5.97 Å². The van der Waals surface area contributed by atoms with E-state index < -0.39 is 5.97 Å². The minimum atomic E-state index is -0.968. The van der Waals surface area contributed by atoms with Crippen LogP contribution in [0, 0.1) is 29.1 Å². The molecule has 0 aromatic carbocycles. The van der Waals surface area contributed by atoms with E-state index in [2.05, 4.69) is 18.8 Å². The predicted molar refractivity (Wildman–Crippen MR) is 123 cm³/mol. The fourth-order valence-electron chi connectivity index (χ4n) is 4.57. The molecule has 1 heterocycles. The number of hydrogen-bond donors (Lipinski definition) is 1. The molecule has 0 aliphatic heterocycles. The fraction of sp³-hybridized carbons (Fsp3) is 0.680. The highest BCUT2D eigenvalue weighted by Crippen LogP contribution is 2.38. The second kappa shape index (κ2) is 9.56. The van der Waals surface area contributed by atoms with Crippen LogP contribution in [0.4, 0.5) is 5.69 Å². The molecule has 0 saturated heterocycles. The molecular formula is C25H35NO3S. The second-order valence-corrected chi connectivity index (χ2v) is 11.1. The van der Waals surface area contributed by atoms with E-state index in [0.29, 0.717) is 11.6 Å². The maximum absolute atomic E-state index is 13.7. The molecule has 30 heavy (non-hydrogen) atoms. The van der Waals surface area contributed by atoms with Gasteiger partial charge in [0.05, 0.1) is 10.6 Å². The normalized spacial score (nSPS) is 22.8. The number of hydrogen-bond acceptors (Lipinski definition) is 3. The number of rotatable bonds is 4. The highest BCUT2D eigenvalue weighted by Gasteiger charge is 2.36. The molecule has 2 fully saturated rings. The maximum Gasteiger partial charge on any atom is 0.348 e. The van der Waals surface area contributed by atoms with E-state index in [0.717, 1.165) is 56.2 Å². The minimum Gasteiger partial charge on any atom is -0.477 e. The molecule has 0 unspecified atom stereocenters. The molecule has 2 aliphatic rings. The summed E-state index contributed by atoms with van der Waals surface area (Å²) < 4.78 is 0. The summed E-state index contributed by atoms with van der Waals surface area (Å²) in [5.74, 6) is 6.20. The number of carbonyl (C=O) groups excluding carboxylic acids is 1. The SMILES string of the molecule is CC(C)(C)C#Cc1cc(N(C(=O)C2CCCCC2)[C@H]2CC[C@@H](C)CC2)c(C(=O)O)s1. The number of carbonyl (C=O) groups is 2. The van der Waals surface area contributed by atoms with Gasteiger partial charge in [0.2, 0.25) is 5.91 Å². The molecule has 2 saturated carbocycles. The Morgan fingerprint density at radius 3 is 2.27 bits per heavy atom. The van der Waals surface area contributed by atoms with Crippen molar-refractivity contribution in [3.8, 4) is 11.8 Å². The van der Waals surface area contributed by atoms with Crippen molar-refractivity contribution < 1.29 is 14.7 Å². The van der Waals surface area contributed by atoms with Gasteiger partial charge in [0.25, 0.3) is 0 Å². The van der Waals surface area contributed by atoms with E-state index in [1.807, 2.05) is 31.7 Å². The molecule has 1 N–H and O–H groups in total. The Morgan fingerprint density at radius 2 is 1.70 bits per heavy atom. The van der Waals surface area contributed by atoms with Crippen molar-refractivity contribution in [1.29, 1.82) is 0 Å². The van der Waals surface area contributed by atoms with Gasteiger partial charge in [0.1, 0.15) is 4.88 Å². The van der Waals surface area contributed by atoms with E-state index in [1.54, 1.807) is 0 Å². The van der Waals surface area contributed by atoms with E-state index in [-0.39, 0.29) is 28.2 Å². The third-order valence-corrected chi connectivity index (χ3v) is 7.30. The number of carboxylic acids is 1. The van der Waals surface area contributed by atoms with Crippen LogP contribution >= 0.6 is 11.3 Å². The Labute approximate surface area is 185 Å². The summed E-state index contributed by atoms with van der Waals surface area (Å²) in [6, 6.07) is 1.94. The summed E-state index contributed by atoms with van der Waals surface area (Å²) >= 11 is 1.20. The van der Waals surface area contributed by atoms with E-state index >= 15 is 0 Å². The summed E-state index contributed by atoms with van der Waals surface area (Å²) in [5.41, 5.74) is 0.408. The molecular weight excluding hydrogens is 394 g/mol. The number of thiophene rings is 1. The lowest BCUT2D eigenvalue weighted by molar-refractivity contribution is -0.124.